The van der Waals surface area contributed by atoms with Crippen LogP contribution in [0.25, 0.3) is 0 Å². The summed E-state index contributed by atoms with van der Waals surface area (Å²) < 4.78 is 30.7. The van der Waals surface area contributed by atoms with E-state index in [-0.39, 0.29) is 28.2 Å². The number of amides is 2. The van der Waals surface area contributed by atoms with Crippen molar-refractivity contribution in [3.05, 3.63) is 88.4 Å². The number of sulfonamides is 1. The summed E-state index contributed by atoms with van der Waals surface area (Å²) in [5.41, 5.74) is 3.67. The van der Waals surface area contributed by atoms with Gasteiger partial charge in [0, 0.05) is 5.69 Å². The Bertz CT molecular complexity index is 1350. The Morgan fingerprint density at radius 1 is 0.972 bits per heavy atom. The van der Waals surface area contributed by atoms with Gasteiger partial charge in [-0.15, -0.1) is 0 Å². The van der Waals surface area contributed by atoms with Crippen molar-refractivity contribution in [2.75, 3.05) is 29.0 Å². The molecule has 0 heterocycles. The molecular formula is C24H22Cl2N4O5S. The first-order chi connectivity index (χ1) is 17.1. The van der Waals surface area contributed by atoms with Crippen LogP contribution in [0.3, 0.4) is 0 Å². The Morgan fingerprint density at radius 2 is 1.67 bits per heavy atom. The van der Waals surface area contributed by atoms with Gasteiger partial charge in [0.2, 0.25) is 10.0 Å². The fourth-order valence-electron chi connectivity index (χ4n) is 2.93. The number of rotatable bonds is 10. The van der Waals surface area contributed by atoms with Gasteiger partial charge in [0.15, 0.2) is 6.61 Å². The molecule has 0 aliphatic carbocycles. The third-order valence-corrected chi connectivity index (χ3v) is 6.53. The van der Waals surface area contributed by atoms with Crippen LogP contribution in [0.1, 0.15) is 5.56 Å². The Kier molecular flexibility index (Phi) is 9.29. The number of nitrogens with one attached hydrogen (secondary N) is 2. The standard InChI is InChI=1S/C24H22Cl2N4O5S/c1-36(33,34)30(21-9-5-8-20(25)24(21)26)15-22(31)29-27-14-17-10-12-19(13-11-17)35-16-23(32)28-18-6-3-2-4-7-18/h2-14H,15-16H2,1H3,(H,28,32)(H,29,31)/b27-14-. The molecule has 3 aromatic carbocycles. The minimum atomic E-state index is -3.83. The van der Waals surface area contributed by atoms with Gasteiger partial charge in [0.25, 0.3) is 11.8 Å². The summed E-state index contributed by atoms with van der Waals surface area (Å²) >= 11 is 12.1. The van der Waals surface area contributed by atoms with Crippen LogP contribution in [0, 0.1) is 0 Å². The number of ether oxygens (including phenoxy) is 1. The fraction of sp³-hybridized carbons (Fsp3) is 0.125. The predicted molar refractivity (Wildman–Crippen MR) is 141 cm³/mol. The average Bonchev–Trinajstić information content (AvgIpc) is 2.84. The van der Waals surface area contributed by atoms with E-state index in [2.05, 4.69) is 15.8 Å². The average molecular weight is 549 g/mol. The number of anilines is 2. The van der Waals surface area contributed by atoms with Gasteiger partial charge in [-0.1, -0.05) is 47.5 Å². The molecule has 36 heavy (non-hydrogen) atoms. The molecule has 0 aliphatic heterocycles. The molecule has 0 bridgehead atoms. The molecule has 0 aliphatic rings. The quantitative estimate of drug-likeness (QED) is 0.294. The lowest BCUT2D eigenvalue weighted by atomic mass is 10.2. The summed E-state index contributed by atoms with van der Waals surface area (Å²) in [7, 11) is -3.83. The maximum Gasteiger partial charge on any atom is 0.262 e. The van der Waals surface area contributed by atoms with Crippen LogP contribution in [0.4, 0.5) is 11.4 Å². The summed E-state index contributed by atoms with van der Waals surface area (Å²) in [5.74, 6) is -0.504. The normalized spacial score (nSPS) is 11.2. The van der Waals surface area contributed by atoms with E-state index in [4.69, 9.17) is 27.9 Å². The highest BCUT2D eigenvalue weighted by Crippen LogP contribution is 2.33. The van der Waals surface area contributed by atoms with Gasteiger partial charge in [-0.05, 0) is 54.1 Å². The van der Waals surface area contributed by atoms with Crippen molar-refractivity contribution in [2.24, 2.45) is 5.10 Å². The fourth-order valence-corrected chi connectivity index (χ4v) is 4.24. The van der Waals surface area contributed by atoms with Gasteiger partial charge in [-0.25, -0.2) is 13.8 Å². The van der Waals surface area contributed by atoms with Crippen LogP contribution >= 0.6 is 23.2 Å². The van der Waals surface area contributed by atoms with Gasteiger partial charge in [-0.2, -0.15) is 5.10 Å². The predicted octanol–water partition coefficient (Wildman–Crippen LogP) is 3.93. The van der Waals surface area contributed by atoms with E-state index in [1.807, 2.05) is 18.2 Å². The molecule has 3 aromatic rings. The van der Waals surface area contributed by atoms with Crippen molar-refractivity contribution in [3.8, 4) is 5.75 Å². The molecule has 0 atom stereocenters. The van der Waals surface area contributed by atoms with E-state index in [0.29, 0.717) is 17.0 Å². The van der Waals surface area contributed by atoms with Gasteiger partial charge < -0.3 is 10.1 Å². The number of para-hydroxylation sites is 1. The van der Waals surface area contributed by atoms with Crippen molar-refractivity contribution < 1.29 is 22.7 Å². The summed E-state index contributed by atoms with van der Waals surface area (Å²) in [6, 6.07) is 20.1. The van der Waals surface area contributed by atoms with E-state index in [1.54, 1.807) is 36.4 Å². The number of hydrogen-bond donors (Lipinski definition) is 2. The zero-order valence-electron chi connectivity index (χ0n) is 19.0. The first kappa shape index (κ1) is 27.0. The molecule has 0 radical (unpaired) electrons. The molecule has 0 saturated carbocycles. The number of hydrogen-bond acceptors (Lipinski definition) is 6. The van der Waals surface area contributed by atoms with Crippen molar-refractivity contribution in [2.45, 2.75) is 0 Å². The number of halogens is 2. The van der Waals surface area contributed by atoms with Crippen molar-refractivity contribution in [1.29, 1.82) is 0 Å². The second-order valence-electron chi connectivity index (χ2n) is 7.41. The molecule has 9 nitrogen and oxygen atoms in total. The van der Waals surface area contributed by atoms with Crippen LogP contribution in [0.5, 0.6) is 5.75 Å². The lowest BCUT2D eigenvalue weighted by molar-refractivity contribution is -0.119. The number of benzene rings is 3. The molecular weight excluding hydrogens is 527 g/mol. The van der Waals surface area contributed by atoms with Crippen LogP contribution in [0.15, 0.2) is 77.9 Å². The van der Waals surface area contributed by atoms with Crippen molar-refractivity contribution in [1.82, 2.24) is 5.43 Å². The van der Waals surface area contributed by atoms with Crippen LogP contribution in [-0.2, 0) is 19.6 Å². The van der Waals surface area contributed by atoms with E-state index in [0.717, 1.165) is 10.6 Å². The molecule has 0 fully saturated rings. The summed E-state index contributed by atoms with van der Waals surface area (Å²) in [6.07, 6.45) is 2.33. The second-order valence-corrected chi connectivity index (χ2v) is 10.1. The summed E-state index contributed by atoms with van der Waals surface area (Å²) in [5, 5.41) is 6.74. The molecule has 0 unspecified atom stereocenters. The Morgan fingerprint density at radius 3 is 2.33 bits per heavy atom. The topological polar surface area (TPSA) is 117 Å². The van der Waals surface area contributed by atoms with Gasteiger partial charge in [0.05, 0.1) is 28.2 Å². The first-order valence-electron chi connectivity index (χ1n) is 10.4. The van der Waals surface area contributed by atoms with Gasteiger partial charge >= 0.3 is 0 Å². The zero-order valence-corrected chi connectivity index (χ0v) is 21.3. The third-order valence-electron chi connectivity index (χ3n) is 4.60. The SMILES string of the molecule is CS(=O)(=O)N(CC(=O)N/N=C\c1ccc(OCC(=O)Nc2ccccc2)cc1)c1cccc(Cl)c1Cl. The maximum atomic E-state index is 12.3. The maximum absolute atomic E-state index is 12.3. The highest BCUT2D eigenvalue weighted by atomic mass is 35.5. The van der Waals surface area contributed by atoms with Crippen LogP contribution in [-0.4, -0.2) is 45.9 Å². The molecule has 3 rings (SSSR count). The number of nitrogens with zero attached hydrogens (tertiary/aromatic N) is 2. The minimum Gasteiger partial charge on any atom is -0.484 e. The summed E-state index contributed by atoms with van der Waals surface area (Å²) in [4.78, 5) is 24.3. The molecule has 0 aromatic heterocycles. The molecule has 0 spiro atoms. The largest absolute Gasteiger partial charge is 0.484 e. The molecule has 2 N–H and O–H groups in total. The molecule has 2 amide bonds. The second kappa shape index (κ2) is 12.4. The number of hydrazone groups is 1. The summed E-state index contributed by atoms with van der Waals surface area (Å²) in [6.45, 7) is -0.708. The Labute approximate surface area is 218 Å². The Balaban J connectivity index is 1.52. The van der Waals surface area contributed by atoms with Crippen molar-refractivity contribution >= 4 is 62.6 Å². The highest BCUT2D eigenvalue weighted by molar-refractivity contribution is 7.92. The van der Waals surface area contributed by atoms with E-state index in [9.17, 15) is 18.0 Å². The highest BCUT2D eigenvalue weighted by Gasteiger charge is 2.23. The minimum absolute atomic E-state index is 0.0146. The molecule has 12 heteroatoms. The monoisotopic (exact) mass is 548 g/mol. The molecule has 188 valence electrons. The van der Waals surface area contributed by atoms with Crippen molar-refractivity contribution in [3.63, 3.8) is 0 Å². The number of carbonyl (C=O) groups is 2. The van der Waals surface area contributed by atoms with E-state index < -0.39 is 22.5 Å². The van der Waals surface area contributed by atoms with E-state index >= 15 is 0 Å². The zero-order chi connectivity index (χ0) is 26.1. The molecule has 0 saturated heterocycles. The lowest BCUT2D eigenvalue weighted by Gasteiger charge is -2.22. The Hall–Kier alpha value is -3.60. The smallest absolute Gasteiger partial charge is 0.262 e. The van der Waals surface area contributed by atoms with Gasteiger partial charge in [-0.3, -0.25) is 13.9 Å². The lowest BCUT2D eigenvalue weighted by Crippen LogP contribution is -2.39. The van der Waals surface area contributed by atoms with Crippen LogP contribution < -0.4 is 19.8 Å². The number of carbonyl (C=O) groups excluding carboxylic acids is 2. The van der Waals surface area contributed by atoms with E-state index in [1.165, 1.54) is 24.4 Å². The van der Waals surface area contributed by atoms with Crippen LogP contribution in [0.2, 0.25) is 10.0 Å². The van der Waals surface area contributed by atoms with Gasteiger partial charge in [0.1, 0.15) is 12.3 Å². The third kappa shape index (κ3) is 7.98. The first-order valence-corrected chi connectivity index (χ1v) is 13.1.